The number of benzene rings is 2. The normalized spacial score (nSPS) is 10.1. The average molecular weight is 244 g/mol. The van der Waals surface area contributed by atoms with Gasteiger partial charge < -0.3 is 4.57 Å². The average Bonchev–Trinajstić information content (AvgIpc) is 2.93. The van der Waals surface area contributed by atoms with Crippen LogP contribution in [0.15, 0.2) is 72.9 Å². The van der Waals surface area contributed by atoms with E-state index in [0.717, 1.165) is 16.9 Å². The van der Waals surface area contributed by atoms with E-state index in [1.165, 1.54) is 0 Å². The Morgan fingerprint density at radius 2 is 1.42 bits per heavy atom. The second-order valence-corrected chi connectivity index (χ2v) is 4.26. The standard InChI is InChI=1S/C17H12N2/c18-13-15-11-12-19(16-9-5-2-6-10-16)17(15)14-7-3-1-4-8-14/h1-12H. The van der Waals surface area contributed by atoms with Crippen LogP contribution in [-0.2, 0) is 0 Å². The van der Waals surface area contributed by atoms with E-state index in [-0.39, 0.29) is 0 Å². The van der Waals surface area contributed by atoms with E-state index < -0.39 is 0 Å². The molecule has 0 bridgehead atoms. The summed E-state index contributed by atoms with van der Waals surface area (Å²) in [5.74, 6) is 0. The lowest BCUT2D eigenvalue weighted by Crippen LogP contribution is -1.95. The third kappa shape index (κ3) is 2.02. The summed E-state index contributed by atoms with van der Waals surface area (Å²) in [4.78, 5) is 0. The van der Waals surface area contributed by atoms with Gasteiger partial charge in [-0.2, -0.15) is 5.26 Å². The molecule has 0 saturated carbocycles. The molecule has 2 nitrogen and oxygen atoms in total. The molecule has 90 valence electrons. The Hall–Kier alpha value is -2.79. The number of hydrogen-bond acceptors (Lipinski definition) is 1. The van der Waals surface area contributed by atoms with E-state index in [1.54, 1.807) is 0 Å². The van der Waals surface area contributed by atoms with Gasteiger partial charge in [0.25, 0.3) is 0 Å². The van der Waals surface area contributed by atoms with Crippen molar-refractivity contribution in [1.82, 2.24) is 4.57 Å². The van der Waals surface area contributed by atoms with Crippen LogP contribution in [0.3, 0.4) is 0 Å². The van der Waals surface area contributed by atoms with Gasteiger partial charge in [0.15, 0.2) is 0 Å². The molecule has 1 heterocycles. The van der Waals surface area contributed by atoms with E-state index in [9.17, 15) is 5.26 Å². The Balaban J connectivity index is 2.24. The summed E-state index contributed by atoms with van der Waals surface area (Å²) in [6.45, 7) is 0. The SMILES string of the molecule is N#Cc1ccn(-c2ccccc2)c1-c1ccccc1. The molecule has 19 heavy (non-hydrogen) atoms. The van der Waals surface area contributed by atoms with Crippen LogP contribution in [0.5, 0.6) is 0 Å². The number of para-hydroxylation sites is 1. The highest BCUT2D eigenvalue weighted by atomic mass is 15.0. The minimum Gasteiger partial charge on any atom is -0.315 e. The van der Waals surface area contributed by atoms with Crippen LogP contribution in [0.4, 0.5) is 0 Å². The summed E-state index contributed by atoms with van der Waals surface area (Å²) in [5.41, 5.74) is 3.74. The van der Waals surface area contributed by atoms with Crippen LogP contribution >= 0.6 is 0 Å². The van der Waals surface area contributed by atoms with Crippen molar-refractivity contribution in [3.63, 3.8) is 0 Å². The van der Waals surface area contributed by atoms with Crippen molar-refractivity contribution in [2.75, 3.05) is 0 Å². The first-order valence-corrected chi connectivity index (χ1v) is 6.12. The van der Waals surface area contributed by atoms with Gasteiger partial charge in [-0.25, -0.2) is 0 Å². The highest BCUT2D eigenvalue weighted by Crippen LogP contribution is 2.27. The fourth-order valence-electron chi connectivity index (χ4n) is 2.22. The van der Waals surface area contributed by atoms with E-state index in [0.29, 0.717) is 5.56 Å². The molecule has 3 aromatic rings. The maximum Gasteiger partial charge on any atom is 0.101 e. The molecule has 0 radical (unpaired) electrons. The van der Waals surface area contributed by atoms with Crippen molar-refractivity contribution < 1.29 is 0 Å². The first-order chi connectivity index (χ1) is 9.40. The van der Waals surface area contributed by atoms with E-state index in [1.807, 2.05) is 77.5 Å². The molecule has 0 unspecified atom stereocenters. The molecule has 0 aliphatic rings. The lowest BCUT2D eigenvalue weighted by molar-refractivity contribution is 1.09. The van der Waals surface area contributed by atoms with Crippen LogP contribution in [-0.4, -0.2) is 4.57 Å². The minimum absolute atomic E-state index is 0.690. The molecule has 0 atom stereocenters. The zero-order chi connectivity index (χ0) is 13.1. The molecule has 0 aliphatic heterocycles. The zero-order valence-electron chi connectivity index (χ0n) is 10.3. The number of hydrogen-bond donors (Lipinski definition) is 0. The molecule has 1 aromatic heterocycles. The van der Waals surface area contributed by atoms with Gasteiger partial charge in [0.05, 0.1) is 11.3 Å². The summed E-state index contributed by atoms with van der Waals surface area (Å²) < 4.78 is 2.05. The molecule has 0 aliphatic carbocycles. The maximum atomic E-state index is 9.28. The fraction of sp³-hybridized carbons (Fsp3) is 0. The number of nitrogens with zero attached hydrogens (tertiary/aromatic N) is 2. The van der Waals surface area contributed by atoms with Gasteiger partial charge in [0.2, 0.25) is 0 Å². The van der Waals surface area contributed by atoms with Crippen LogP contribution in [0.2, 0.25) is 0 Å². The van der Waals surface area contributed by atoms with Crippen molar-refractivity contribution in [3.05, 3.63) is 78.5 Å². The van der Waals surface area contributed by atoms with E-state index in [4.69, 9.17) is 0 Å². The summed E-state index contributed by atoms with van der Waals surface area (Å²) >= 11 is 0. The minimum atomic E-state index is 0.690. The van der Waals surface area contributed by atoms with Crippen molar-refractivity contribution >= 4 is 0 Å². The van der Waals surface area contributed by atoms with Gasteiger partial charge in [-0.05, 0) is 23.8 Å². The Bertz CT molecular complexity index is 719. The third-order valence-electron chi connectivity index (χ3n) is 3.09. The lowest BCUT2D eigenvalue weighted by Gasteiger charge is -2.09. The molecular formula is C17H12N2. The van der Waals surface area contributed by atoms with Crippen molar-refractivity contribution in [3.8, 4) is 23.0 Å². The Morgan fingerprint density at radius 1 is 0.789 bits per heavy atom. The van der Waals surface area contributed by atoms with Gasteiger partial charge in [0, 0.05) is 11.9 Å². The van der Waals surface area contributed by atoms with Crippen molar-refractivity contribution in [2.45, 2.75) is 0 Å². The highest BCUT2D eigenvalue weighted by molar-refractivity contribution is 5.70. The number of nitriles is 1. The first kappa shape index (κ1) is 11.3. The van der Waals surface area contributed by atoms with Crippen LogP contribution in [0.25, 0.3) is 16.9 Å². The van der Waals surface area contributed by atoms with Gasteiger partial charge in [0.1, 0.15) is 6.07 Å². The van der Waals surface area contributed by atoms with Crippen molar-refractivity contribution in [1.29, 1.82) is 5.26 Å². The van der Waals surface area contributed by atoms with E-state index >= 15 is 0 Å². The Kier molecular flexibility index (Phi) is 2.88. The van der Waals surface area contributed by atoms with Gasteiger partial charge in [-0.15, -0.1) is 0 Å². The summed E-state index contributed by atoms with van der Waals surface area (Å²) in [7, 11) is 0. The quantitative estimate of drug-likeness (QED) is 0.669. The molecule has 2 aromatic carbocycles. The molecule has 0 saturated heterocycles. The zero-order valence-corrected chi connectivity index (χ0v) is 10.3. The molecule has 0 amide bonds. The molecule has 2 heteroatoms. The van der Waals surface area contributed by atoms with Gasteiger partial charge in [-0.3, -0.25) is 0 Å². The van der Waals surface area contributed by atoms with Crippen LogP contribution in [0.1, 0.15) is 5.56 Å². The summed E-state index contributed by atoms with van der Waals surface area (Å²) in [6.07, 6.45) is 1.94. The molecule has 0 fully saturated rings. The molecular weight excluding hydrogens is 232 g/mol. The Labute approximate surface area is 112 Å². The largest absolute Gasteiger partial charge is 0.315 e. The third-order valence-corrected chi connectivity index (χ3v) is 3.09. The van der Waals surface area contributed by atoms with Crippen molar-refractivity contribution in [2.24, 2.45) is 0 Å². The molecule has 0 N–H and O–H groups in total. The summed E-state index contributed by atoms with van der Waals surface area (Å²) in [6, 6.07) is 24.2. The predicted octanol–water partition coefficient (Wildman–Crippen LogP) is 4.02. The van der Waals surface area contributed by atoms with Crippen LogP contribution < -0.4 is 0 Å². The Morgan fingerprint density at radius 3 is 2.05 bits per heavy atom. The van der Waals surface area contributed by atoms with Gasteiger partial charge >= 0.3 is 0 Å². The fourth-order valence-corrected chi connectivity index (χ4v) is 2.22. The predicted molar refractivity (Wildman–Crippen MR) is 75.9 cm³/mol. The second-order valence-electron chi connectivity index (χ2n) is 4.26. The second kappa shape index (κ2) is 4.83. The molecule has 3 rings (SSSR count). The molecule has 0 spiro atoms. The first-order valence-electron chi connectivity index (χ1n) is 6.12. The van der Waals surface area contributed by atoms with Crippen LogP contribution in [0, 0.1) is 11.3 Å². The highest BCUT2D eigenvalue weighted by Gasteiger charge is 2.11. The number of rotatable bonds is 2. The number of aromatic nitrogens is 1. The monoisotopic (exact) mass is 244 g/mol. The topological polar surface area (TPSA) is 28.7 Å². The van der Waals surface area contributed by atoms with E-state index in [2.05, 4.69) is 6.07 Å². The van der Waals surface area contributed by atoms with Gasteiger partial charge in [-0.1, -0.05) is 48.5 Å². The lowest BCUT2D eigenvalue weighted by atomic mass is 10.1. The summed E-state index contributed by atoms with van der Waals surface area (Å²) in [5, 5.41) is 9.28. The smallest absolute Gasteiger partial charge is 0.101 e. The maximum absolute atomic E-state index is 9.28.